The minimum absolute atomic E-state index is 0.105. The topological polar surface area (TPSA) is 81.8 Å². The van der Waals surface area contributed by atoms with Crippen LogP contribution in [0.4, 0.5) is 0 Å². The number of nitrogens with zero attached hydrogens (tertiary/aromatic N) is 4. The van der Waals surface area contributed by atoms with E-state index in [1.165, 1.54) is 4.68 Å². The lowest BCUT2D eigenvalue weighted by Gasteiger charge is -2.15. The molecule has 26 heavy (non-hydrogen) atoms. The first-order valence-electron chi connectivity index (χ1n) is 8.62. The van der Waals surface area contributed by atoms with E-state index in [1.54, 1.807) is 6.07 Å². The third-order valence-corrected chi connectivity index (χ3v) is 4.30. The van der Waals surface area contributed by atoms with Crippen LogP contribution in [0, 0.1) is 20.8 Å². The Labute approximate surface area is 151 Å². The van der Waals surface area contributed by atoms with Crippen LogP contribution in [0.5, 0.6) is 0 Å². The summed E-state index contributed by atoms with van der Waals surface area (Å²) >= 11 is 0. The Balaban J connectivity index is 1.72. The van der Waals surface area contributed by atoms with Crippen LogP contribution in [0.1, 0.15) is 24.0 Å². The first-order valence-corrected chi connectivity index (χ1v) is 8.62. The van der Waals surface area contributed by atoms with E-state index in [2.05, 4.69) is 15.5 Å². The Kier molecular flexibility index (Phi) is 4.88. The second kappa shape index (κ2) is 7.11. The summed E-state index contributed by atoms with van der Waals surface area (Å²) in [5.41, 5.74) is 2.46. The molecule has 1 amide bonds. The standard InChI is InChI=1S/C19H23N5O2/c1-12-9-14(3)23(21-12)10-13(2)20-18(25)11-24-19(26)17-8-6-5-7-16(17)15(4)22-24/h5-9,13H,10-11H2,1-4H3,(H,20,25). The lowest BCUT2D eigenvalue weighted by Crippen LogP contribution is -2.40. The van der Waals surface area contributed by atoms with Gasteiger partial charge in [-0.05, 0) is 39.8 Å². The molecule has 136 valence electrons. The summed E-state index contributed by atoms with van der Waals surface area (Å²) in [5, 5.41) is 13.0. The van der Waals surface area contributed by atoms with E-state index in [9.17, 15) is 9.59 Å². The Morgan fingerprint density at radius 1 is 1.12 bits per heavy atom. The van der Waals surface area contributed by atoms with Crippen molar-refractivity contribution in [1.82, 2.24) is 24.9 Å². The smallest absolute Gasteiger partial charge is 0.275 e. The highest BCUT2D eigenvalue weighted by Gasteiger charge is 2.14. The van der Waals surface area contributed by atoms with Gasteiger partial charge in [-0.15, -0.1) is 0 Å². The Morgan fingerprint density at radius 3 is 2.46 bits per heavy atom. The van der Waals surface area contributed by atoms with Gasteiger partial charge in [-0.2, -0.15) is 10.2 Å². The predicted molar refractivity (Wildman–Crippen MR) is 100 cm³/mol. The molecule has 0 saturated heterocycles. The maximum absolute atomic E-state index is 12.5. The third kappa shape index (κ3) is 3.66. The summed E-state index contributed by atoms with van der Waals surface area (Å²) < 4.78 is 3.09. The van der Waals surface area contributed by atoms with Gasteiger partial charge in [0.25, 0.3) is 5.56 Å². The Hall–Kier alpha value is -2.96. The minimum atomic E-state index is -0.257. The number of fused-ring (bicyclic) bond motifs is 1. The first-order chi connectivity index (χ1) is 12.3. The molecule has 1 atom stereocenters. The average molecular weight is 353 g/mol. The van der Waals surface area contributed by atoms with Crippen molar-refractivity contribution in [3.05, 3.63) is 57.8 Å². The van der Waals surface area contributed by atoms with Crippen LogP contribution in [-0.4, -0.2) is 31.5 Å². The summed E-state index contributed by atoms with van der Waals surface area (Å²) in [6.45, 7) is 8.14. The van der Waals surface area contributed by atoms with Crippen LogP contribution in [0.3, 0.4) is 0 Å². The summed E-state index contributed by atoms with van der Waals surface area (Å²) in [7, 11) is 0. The van der Waals surface area contributed by atoms with Gasteiger partial charge in [-0.25, -0.2) is 4.68 Å². The molecule has 7 nitrogen and oxygen atoms in total. The molecule has 1 unspecified atom stereocenters. The number of amides is 1. The van der Waals surface area contributed by atoms with E-state index >= 15 is 0 Å². The highest BCUT2D eigenvalue weighted by molar-refractivity contribution is 5.83. The fourth-order valence-corrected chi connectivity index (χ4v) is 3.13. The van der Waals surface area contributed by atoms with Gasteiger partial charge in [-0.1, -0.05) is 18.2 Å². The quantitative estimate of drug-likeness (QED) is 0.757. The van der Waals surface area contributed by atoms with E-state index in [0.29, 0.717) is 11.9 Å². The maximum atomic E-state index is 12.5. The number of aromatic nitrogens is 4. The maximum Gasteiger partial charge on any atom is 0.275 e. The molecule has 0 spiro atoms. The molecular formula is C19H23N5O2. The summed E-state index contributed by atoms with van der Waals surface area (Å²) in [4.78, 5) is 24.9. The summed E-state index contributed by atoms with van der Waals surface area (Å²) in [6, 6.07) is 9.18. The van der Waals surface area contributed by atoms with Gasteiger partial charge in [0.15, 0.2) is 0 Å². The molecule has 2 aromatic heterocycles. The normalized spacial score (nSPS) is 12.3. The number of benzene rings is 1. The number of rotatable bonds is 5. The average Bonchev–Trinajstić information content (AvgIpc) is 2.89. The molecule has 1 N–H and O–H groups in total. The molecule has 1 aromatic carbocycles. The largest absolute Gasteiger partial charge is 0.350 e. The van der Waals surface area contributed by atoms with Gasteiger partial charge >= 0.3 is 0 Å². The van der Waals surface area contributed by atoms with Gasteiger partial charge in [0.2, 0.25) is 5.91 Å². The molecule has 3 aromatic rings. The Bertz CT molecular complexity index is 1020. The van der Waals surface area contributed by atoms with Crippen molar-refractivity contribution in [2.75, 3.05) is 0 Å². The summed E-state index contributed by atoms with van der Waals surface area (Å²) in [6.07, 6.45) is 0. The highest BCUT2D eigenvalue weighted by Crippen LogP contribution is 2.11. The van der Waals surface area contributed by atoms with Crippen LogP contribution in [0.15, 0.2) is 35.1 Å². The van der Waals surface area contributed by atoms with E-state index in [1.807, 2.05) is 56.6 Å². The molecule has 7 heteroatoms. The first kappa shape index (κ1) is 17.8. The monoisotopic (exact) mass is 353 g/mol. The van der Waals surface area contributed by atoms with Crippen LogP contribution in [-0.2, 0) is 17.9 Å². The fraction of sp³-hybridized carbons (Fsp3) is 0.368. The zero-order valence-electron chi connectivity index (χ0n) is 15.5. The molecule has 0 aliphatic carbocycles. The van der Waals surface area contributed by atoms with Crippen molar-refractivity contribution in [2.24, 2.45) is 0 Å². The fourth-order valence-electron chi connectivity index (χ4n) is 3.13. The predicted octanol–water partition coefficient (Wildman–Crippen LogP) is 1.72. The van der Waals surface area contributed by atoms with Crippen molar-refractivity contribution in [1.29, 1.82) is 0 Å². The zero-order chi connectivity index (χ0) is 18.8. The third-order valence-electron chi connectivity index (χ3n) is 4.30. The van der Waals surface area contributed by atoms with Crippen molar-refractivity contribution in [2.45, 2.75) is 46.8 Å². The second-order valence-electron chi connectivity index (χ2n) is 6.67. The molecule has 2 heterocycles. The van der Waals surface area contributed by atoms with E-state index < -0.39 is 0 Å². The molecule has 0 radical (unpaired) electrons. The molecule has 3 rings (SSSR count). The number of carbonyl (C=O) groups is 1. The van der Waals surface area contributed by atoms with Crippen LogP contribution in [0.25, 0.3) is 10.8 Å². The van der Waals surface area contributed by atoms with E-state index in [0.717, 1.165) is 22.5 Å². The van der Waals surface area contributed by atoms with Gasteiger partial charge in [0.1, 0.15) is 6.54 Å². The van der Waals surface area contributed by atoms with Gasteiger partial charge in [0.05, 0.1) is 23.3 Å². The van der Waals surface area contributed by atoms with E-state index in [-0.39, 0.29) is 24.1 Å². The molecule has 0 aliphatic heterocycles. The van der Waals surface area contributed by atoms with Gasteiger partial charge in [-0.3, -0.25) is 14.3 Å². The number of hydrogen-bond donors (Lipinski definition) is 1. The van der Waals surface area contributed by atoms with Crippen molar-refractivity contribution in [3.8, 4) is 0 Å². The van der Waals surface area contributed by atoms with Crippen LogP contribution in [0.2, 0.25) is 0 Å². The Morgan fingerprint density at radius 2 is 1.81 bits per heavy atom. The van der Waals surface area contributed by atoms with Gasteiger partial charge < -0.3 is 5.32 Å². The molecular weight excluding hydrogens is 330 g/mol. The lowest BCUT2D eigenvalue weighted by molar-refractivity contribution is -0.122. The number of aryl methyl sites for hydroxylation is 3. The summed E-state index contributed by atoms with van der Waals surface area (Å²) in [5.74, 6) is -0.247. The second-order valence-corrected chi connectivity index (χ2v) is 6.67. The molecule has 0 bridgehead atoms. The van der Waals surface area contributed by atoms with Crippen molar-refractivity contribution in [3.63, 3.8) is 0 Å². The van der Waals surface area contributed by atoms with Gasteiger partial charge in [0, 0.05) is 17.1 Å². The van der Waals surface area contributed by atoms with Crippen molar-refractivity contribution < 1.29 is 4.79 Å². The van der Waals surface area contributed by atoms with Crippen LogP contribution < -0.4 is 10.9 Å². The number of hydrogen-bond acceptors (Lipinski definition) is 4. The number of nitrogens with one attached hydrogen (secondary N) is 1. The van der Waals surface area contributed by atoms with Crippen molar-refractivity contribution >= 4 is 16.7 Å². The zero-order valence-corrected chi connectivity index (χ0v) is 15.5. The minimum Gasteiger partial charge on any atom is -0.350 e. The van der Waals surface area contributed by atoms with E-state index in [4.69, 9.17) is 0 Å². The van der Waals surface area contributed by atoms with Crippen LogP contribution >= 0.6 is 0 Å². The lowest BCUT2D eigenvalue weighted by atomic mass is 10.1. The SMILES string of the molecule is Cc1cc(C)n(CC(C)NC(=O)Cn2nc(C)c3ccccc3c2=O)n1. The number of carbonyl (C=O) groups excluding carboxylic acids is 1. The molecule has 0 aliphatic rings. The molecule has 0 fully saturated rings. The molecule has 0 saturated carbocycles. The highest BCUT2D eigenvalue weighted by atomic mass is 16.2.